The van der Waals surface area contributed by atoms with Gasteiger partial charge >= 0.3 is 241 Å². The molecule has 0 amide bonds. The van der Waals surface area contributed by atoms with Crippen molar-refractivity contribution in [3.8, 4) is 0 Å². The van der Waals surface area contributed by atoms with Crippen LogP contribution in [0.2, 0.25) is 2.31 Å². The zero-order valence-electron chi connectivity index (χ0n) is 23.5. The molecule has 0 aromatic carbocycles. The van der Waals surface area contributed by atoms with E-state index in [4.69, 9.17) is 6.03 Å². The van der Waals surface area contributed by atoms with Crippen LogP contribution in [0.5, 0.6) is 0 Å². The number of hydrogen-bond acceptors (Lipinski definition) is 5. The summed E-state index contributed by atoms with van der Waals surface area (Å²) in [6.07, 6.45) is 21.7. The van der Waals surface area contributed by atoms with Crippen LogP contribution in [-0.2, 0) is 6.03 Å². The summed E-state index contributed by atoms with van der Waals surface area (Å²) in [5.74, 6) is 0. The summed E-state index contributed by atoms with van der Waals surface area (Å²) in [6, 6.07) is 2.50. The molecule has 0 aromatic heterocycles. The number of hydrogen-bond donors (Lipinski definition) is 0. The average molecular weight is 817 g/mol. The summed E-state index contributed by atoms with van der Waals surface area (Å²) in [7, 11) is 0. The minimum atomic E-state index is -3.05. The fourth-order valence-electron chi connectivity index (χ4n) is 7.04. The third-order valence-corrected chi connectivity index (χ3v) is 63.6. The number of fused-ring (bicyclic) bond motifs is 2. The average Bonchev–Trinajstić information content (AvgIpc) is 2.79. The van der Waals surface area contributed by atoms with Crippen molar-refractivity contribution < 1.29 is 6.03 Å². The van der Waals surface area contributed by atoms with Gasteiger partial charge < -0.3 is 0 Å². The Labute approximate surface area is 238 Å². The Morgan fingerprint density at radius 1 is 0.600 bits per heavy atom. The van der Waals surface area contributed by atoms with E-state index in [2.05, 4.69) is 45.2 Å². The molecular formula is C27H53N3O2Sb3-. The molecule has 204 valence electrons. The number of rotatable bonds is 5. The van der Waals surface area contributed by atoms with E-state index in [0.717, 1.165) is 18.1 Å². The molecule has 2 bridgehead atoms. The zero-order chi connectivity index (χ0) is 24.8. The van der Waals surface area contributed by atoms with Crippen molar-refractivity contribution in [2.75, 3.05) is 0 Å². The Kier molecular flexibility index (Phi) is 9.56. The van der Waals surface area contributed by atoms with Gasteiger partial charge in [0.25, 0.3) is 0 Å². The van der Waals surface area contributed by atoms with Crippen LogP contribution in [-0.4, -0.2) is 94.7 Å². The van der Waals surface area contributed by atoms with Crippen LogP contribution in [0.25, 0.3) is 0 Å². The topological polar surface area (TPSA) is 28.2 Å². The second kappa shape index (κ2) is 11.6. The van der Waals surface area contributed by atoms with E-state index in [0.29, 0.717) is 0 Å². The summed E-state index contributed by atoms with van der Waals surface area (Å²) >= 11 is -7.13. The van der Waals surface area contributed by atoms with Crippen LogP contribution in [0.4, 0.5) is 0 Å². The maximum atomic E-state index is 7.58. The molecule has 3 heterocycles. The normalized spacial score (nSPS) is 30.9. The molecule has 5 nitrogen and oxygen atoms in total. The molecule has 6 fully saturated rings. The molecule has 6 aliphatic rings. The third kappa shape index (κ3) is 6.29. The SMILES string of the molecule is CC(C)(C)[O][Sb]1[CH2][Sb-]2([O]C(C)(C)C)[N](C3CCCCC3)[Sb]([N]1C1CCCCC1)[N]2C1CCCCC1. The minimum absolute atomic E-state index is 0.0143. The first-order valence-electron chi connectivity index (χ1n) is 14.8. The van der Waals surface area contributed by atoms with Crippen molar-refractivity contribution in [2.24, 2.45) is 0 Å². The van der Waals surface area contributed by atoms with Crippen molar-refractivity contribution in [2.45, 2.75) is 169 Å². The molecule has 3 aliphatic carbocycles. The second-order valence-electron chi connectivity index (χ2n) is 13.7. The standard InChI is InChI=1S/3C6H11N.2C4H9O.CH2.3Sb/c3*7-6-4-2-1-3-5-6;2*1-4(2,3)5;;;;/h3*6H,1-5H2;2*1-3H3;1H2;;;/q;;;2*-1;;;;+1. The molecule has 3 aliphatic heterocycles. The molecule has 0 radical (unpaired) electrons. The van der Waals surface area contributed by atoms with Crippen LogP contribution in [0.3, 0.4) is 0 Å². The van der Waals surface area contributed by atoms with Gasteiger partial charge in [-0.2, -0.15) is 0 Å². The van der Waals surface area contributed by atoms with Gasteiger partial charge in [-0.1, -0.05) is 0 Å². The van der Waals surface area contributed by atoms with Gasteiger partial charge in [-0.15, -0.1) is 0 Å². The van der Waals surface area contributed by atoms with E-state index in [9.17, 15) is 0 Å². The predicted molar refractivity (Wildman–Crippen MR) is 150 cm³/mol. The predicted octanol–water partition coefficient (Wildman–Crippen LogP) is 6.50. The number of nitrogens with zero attached hydrogens (tertiary/aromatic N) is 3. The molecule has 0 atom stereocenters. The van der Waals surface area contributed by atoms with E-state index < -0.39 is 61.7 Å². The third-order valence-electron chi connectivity index (χ3n) is 8.23. The fourth-order valence-corrected chi connectivity index (χ4v) is 99.1. The Balaban J connectivity index is 1.57. The van der Waals surface area contributed by atoms with Crippen molar-refractivity contribution in [1.82, 2.24) is 3.65 Å². The van der Waals surface area contributed by atoms with Gasteiger partial charge in [0, 0.05) is 0 Å². The Morgan fingerprint density at radius 3 is 1.43 bits per heavy atom. The van der Waals surface area contributed by atoms with E-state index in [-0.39, 0.29) is 11.2 Å². The summed E-state index contributed by atoms with van der Waals surface area (Å²) in [6.45, 7) is 14.0. The Bertz CT molecular complexity index is 656. The first-order valence-corrected chi connectivity index (χ1v) is 27.4. The van der Waals surface area contributed by atoms with Gasteiger partial charge in [0.15, 0.2) is 0 Å². The van der Waals surface area contributed by atoms with Crippen LogP contribution >= 0.6 is 0 Å². The zero-order valence-corrected chi connectivity index (χ0v) is 31.2. The second-order valence-corrected chi connectivity index (χ2v) is 44.0. The fraction of sp³-hybridized carbons (Fsp3) is 1.00. The molecular weight excluding hydrogens is 764 g/mol. The quantitative estimate of drug-likeness (QED) is 0.296. The molecule has 35 heavy (non-hydrogen) atoms. The molecule has 8 heteroatoms. The molecule has 3 saturated heterocycles. The monoisotopic (exact) mass is 814 g/mol. The Hall–Kier alpha value is 2.25. The molecule has 0 N–H and O–H groups in total. The van der Waals surface area contributed by atoms with Crippen LogP contribution < -0.4 is 0 Å². The summed E-state index contributed by atoms with van der Waals surface area (Å²) in [4.78, 5) is 0. The van der Waals surface area contributed by atoms with Crippen molar-refractivity contribution >= 4 is 61.7 Å². The Morgan fingerprint density at radius 2 is 1.03 bits per heavy atom. The van der Waals surface area contributed by atoms with Crippen molar-refractivity contribution in [3.63, 3.8) is 0 Å². The summed E-state index contributed by atoms with van der Waals surface area (Å²) in [5, 5.41) is 0. The van der Waals surface area contributed by atoms with Gasteiger partial charge in [0.1, 0.15) is 0 Å². The summed E-state index contributed by atoms with van der Waals surface area (Å²) in [5.41, 5.74) is -0.0571. The molecule has 0 aromatic rings. The van der Waals surface area contributed by atoms with Crippen molar-refractivity contribution in [3.05, 3.63) is 0 Å². The van der Waals surface area contributed by atoms with Gasteiger partial charge in [-0.05, 0) is 0 Å². The molecule has 3 saturated carbocycles. The van der Waals surface area contributed by atoms with Crippen LogP contribution in [0.1, 0.15) is 138 Å². The van der Waals surface area contributed by atoms with Gasteiger partial charge in [-0.25, -0.2) is 0 Å². The molecule has 0 spiro atoms. The van der Waals surface area contributed by atoms with E-state index in [1.165, 1.54) is 98.6 Å². The van der Waals surface area contributed by atoms with Gasteiger partial charge in [0.05, 0.1) is 0 Å². The summed E-state index contributed by atoms with van der Waals surface area (Å²) < 4.78 is 26.1. The van der Waals surface area contributed by atoms with Crippen LogP contribution in [0.15, 0.2) is 0 Å². The maximum absolute atomic E-state index is 7.58. The van der Waals surface area contributed by atoms with E-state index in [1.54, 1.807) is 0 Å². The van der Waals surface area contributed by atoms with Gasteiger partial charge in [-0.3, -0.25) is 0 Å². The molecule has 0 unspecified atom stereocenters. The van der Waals surface area contributed by atoms with E-state index >= 15 is 0 Å². The molecule has 6 rings (SSSR count). The van der Waals surface area contributed by atoms with Crippen LogP contribution in [0, 0.1) is 0 Å². The first-order chi connectivity index (χ1) is 16.6. The van der Waals surface area contributed by atoms with Crippen molar-refractivity contribution in [1.29, 1.82) is 0 Å². The first kappa shape index (κ1) is 28.8. The van der Waals surface area contributed by atoms with Gasteiger partial charge in [0.2, 0.25) is 0 Å². The van der Waals surface area contributed by atoms with E-state index in [1.807, 2.05) is 0 Å².